The van der Waals surface area contributed by atoms with E-state index in [1.807, 2.05) is 12.1 Å². The Balaban J connectivity index is 1.51. The number of carbonyl (C=O) groups is 1. The molecule has 1 amide bonds. The first kappa shape index (κ1) is 24.1. The molecule has 0 saturated carbocycles. The Morgan fingerprint density at radius 3 is 2.79 bits per heavy atom. The lowest BCUT2D eigenvalue weighted by atomic mass is 10.1. The second-order valence-electron chi connectivity index (χ2n) is 7.63. The van der Waals surface area contributed by atoms with Gasteiger partial charge in [-0.1, -0.05) is 23.7 Å². The van der Waals surface area contributed by atoms with Crippen LogP contribution in [0.2, 0.25) is 5.15 Å². The Labute approximate surface area is 201 Å². The standard InChI is InChI=1S/C23H20ClF3N5OS/c1-14-13-15(34-12-11-28-20(34)7-9-23(25,26)27)5-6-16(14)22(33)31-32-30-19-4-2-3-18-17(19)8-10-29-21(18)24/h2-6,8,10,13,34H,7,9,11-12H2,1H3/q+1. The monoisotopic (exact) mass is 506 g/mol. The number of carbonyl (C=O) groups excluding carboxylic acids is 1. The molecular formula is C23H20ClF3N5OS+. The fourth-order valence-electron chi connectivity index (χ4n) is 3.70. The van der Waals surface area contributed by atoms with Gasteiger partial charge in [0.25, 0.3) is 0 Å². The van der Waals surface area contributed by atoms with Gasteiger partial charge in [0, 0.05) is 42.1 Å². The summed E-state index contributed by atoms with van der Waals surface area (Å²) in [5.41, 5.74) is 1.53. The Kier molecular flexibility index (Phi) is 7.11. The Morgan fingerprint density at radius 1 is 1.21 bits per heavy atom. The number of aromatic nitrogens is 1. The molecule has 0 spiro atoms. The second kappa shape index (κ2) is 10.0. The molecule has 11 heteroatoms. The summed E-state index contributed by atoms with van der Waals surface area (Å²) in [5.74, 6) is 0.163. The van der Waals surface area contributed by atoms with Crippen LogP contribution in [-0.4, -0.2) is 34.4 Å². The van der Waals surface area contributed by atoms with Gasteiger partial charge in [-0.05, 0) is 47.7 Å². The van der Waals surface area contributed by atoms with Crippen LogP contribution < -0.4 is 4.91 Å². The normalized spacial score (nSPS) is 16.7. The summed E-state index contributed by atoms with van der Waals surface area (Å²) in [4.78, 5) is 25.5. The fourth-order valence-corrected chi connectivity index (χ4v) is 6.29. The van der Waals surface area contributed by atoms with Crippen LogP contribution in [0.15, 0.2) is 68.8 Å². The number of fused-ring (bicyclic) bond motifs is 1. The molecule has 1 unspecified atom stereocenters. The van der Waals surface area contributed by atoms with Crippen LogP contribution in [0.1, 0.15) is 28.8 Å². The highest BCUT2D eigenvalue weighted by molar-refractivity contribution is 8.30. The molecule has 6 nitrogen and oxygen atoms in total. The smallest absolute Gasteiger partial charge is 0.284 e. The van der Waals surface area contributed by atoms with Gasteiger partial charge in [-0.3, -0.25) is 9.79 Å². The van der Waals surface area contributed by atoms with Gasteiger partial charge in [-0.2, -0.15) is 24.1 Å². The van der Waals surface area contributed by atoms with E-state index in [2.05, 4.69) is 25.1 Å². The van der Waals surface area contributed by atoms with E-state index < -0.39 is 29.4 Å². The maximum Gasteiger partial charge on any atom is 0.389 e. The Morgan fingerprint density at radius 2 is 2.03 bits per heavy atom. The first-order valence-corrected chi connectivity index (χ1v) is 12.3. The number of aliphatic imine (C=N–C) groups is 1. The summed E-state index contributed by atoms with van der Waals surface area (Å²) < 4.78 is 37.9. The van der Waals surface area contributed by atoms with Gasteiger partial charge in [0.1, 0.15) is 5.15 Å². The van der Waals surface area contributed by atoms with E-state index >= 15 is 0 Å². The number of rotatable bonds is 5. The van der Waals surface area contributed by atoms with Crippen molar-refractivity contribution < 1.29 is 18.0 Å². The molecule has 0 radical (unpaired) electrons. The predicted octanol–water partition coefficient (Wildman–Crippen LogP) is 6.75. The summed E-state index contributed by atoms with van der Waals surface area (Å²) in [6.45, 7) is 2.30. The molecule has 0 aliphatic carbocycles. The molecule has 34 heavy (non-hydrogen) atoms. The molecule has 1 aromatic heterocycles. The fraction of sp³-hybridized carbons (Fsp3) is 0.261. The molecule has 1 aliphatic heterocycles. The topological polar surface area (TPSA) is 81.1 Å². The third kappa shape index (κ3) is 5.52. The van der Waals surface area contributed by atoms with E-state index in [0.717, 1.165) is 16.0 Å². The van der Waals surface area contributed by atoms with Gasteiger partial charge < -0.3 is 0 Å². The number of hydrogen-bond donors (Lipinski definition) is 1. The number of benzene rings is 2. The predicted molar refractivity (Wildman–Crippen MR) is 129 cm³/mol. The molecule has 0 bridgehead atoms. The van der Waals surface area contributed by atoms with Gasteiger partial charge in [0.15, 0.2) is 10.8 Å². The molecule has 0 saturated heterocycles. The Bertz CT molecular complexity index is 1350. The quantitative estimate of drug-likeness (QED) is 0.179. The van der Waals surface area contributed by atoms with Crippen LogP contribution in [-0.2, 0) is 0 Å². The number of nitrogens with zero attached hydrogens (tertiary/aromatic N) is 5. The van der Waals surface area contributed by atoms with Crippen molar-refractivity contribution in [2.24, 2.45) is 15.2 Å². The largest absolute Gasteiger partial charge is 0.389 e. The maximum absolute atomic E-state index is 12.6. The van der Waals surface area contributed by atoms with E-state index in [0.29, 0.717) is 38.9 Å². The lowest BCUT2D eigenvalue weighted by molar-refractivity contribution is -0.132. The summed E-state index contributed by atoms with van der Waals surface area (Å²) in [5, 5.41) is 10.2. The number of thiol groups is 1. The highest BCUT2D eigenvalue weighted by Gasteiger charge is 2.30. The van der Waals surface area contributed by atoms with Crippen molar-refractivity contribution in [3.8, 4) is 0 Å². The van der Waals surface area contributed by atoms with Gasteiger partial charge in [-0.25, -0.2) is 4.98 Å². The van der Waals surface area contributed by atoms with Crippen LogP contribution in [0.4, 0.5) is 18.9 Å². The number of aryl methyl sites for hydroxylation is 1. The van der Waals surface area contributed by atoms with E-state index in [1.54, 1.807) is 43.5 Å². The zero-order chi connectivity index (χ0) is 24.3. The molecule has 2 aromatic carbocycles. The van der Waals surface area contributed by atoms with E-state index in [9.17, 15) is 18.0 Å². The number of pyridine rings is 1. The highest BCUT2D eigenvalue weighted by atomic mass is 35.5. The molecule has 0 N–H and O–H groups in total. The van der Waals surface area contributed by atoms with Gasteiger partial charge >= 0.3 is 12.1 Å². The van der Waals surface area contributed by atoms with Crippen LogP contribution in [0.3, 0.4) is 0 Å². The zero-order valence-corrected chi connectivity index (χ0v) is 19.7. The lowest BCUT2D eigenvalue weighted by Crippen LogP contribution is -2.10. The van der Waals surface area contributed by atoms with Crippen LogP contribution in [0.5, 0.6) is 0 Å². The van der Waals surface area contributed by atoms with Crippen LogP contribution in [0.25, 0.3) is 10.8 Å². The molecule has 176 valence electrons. The molecule has 3 aromatic rings. The first-order chi connectivity index (χ1) is 16.2. The minimum absolute atomic E-state index is 0.0832. The summed E-state index contributed by atoms with van der Waals surface area (Å²) in [7, 11) is -0.915. The van der Waals surface area contributed by atoms with Gasteiger partial charge in [0.2, 0.25) is 10.0 Å². The summed E-state index contributed by atoms with van der Waals surface area (Å²) in [6, 6.07) is 12.3. The van der Waals surface area contributed by atoms with E-state index in [1.165, 1.54) is 0 Å². The van der Waals surface area contributed by atoms with Crippen molar-refractivity contribution in [1.29, 1.82) is 0 Å². The van der Waals surface area contributed by atoms with Gasteiger partial charge in [-0.15, -0.1) is 0 Å². The summed E-state index contributed by atoms with van der Waals surface area (Å²) >= 11 is 6.10. The Hall–Kier alpha value is -3.07. The SMILES string of the molecule is Cc1cc([SH]2CCN=C2CCC(F)(F)F)ccc1C(=O)N=[N+]=Nc1cccc2c(Cl)nccc12. The van der Waals surface area contributed by atoms with Gasteiger partial charge in [0.05, 0.1) is 10.6 Å². The van der Waals surface area contributed by atoms with Crippen molar-refractivity contribution in [1.82, 2.24) is 9.90 Å². The number of halogens is 4. The second-order valence-corrected chi connectivity index (χ2v) is 10.3. The number of alkyl halides is 3. The third-order valence-corrected chi connectivity index (χ3v) is 8.17. The number of amides is 1. The van der Waals surface area contributed by atoms with E-state index in [-0.39, 0.29) is 6.42 Å². The van der Waals surface area contributed by atoms with Crippen molar-refractivity contribution in [3.63, 3.8) is 0 Å². The highest BCUT2D eigenvalue weighted by Crippen LogP contribution is 2.44. The lowest BCUT2D eigenvalue weighted by Gasteiger charge is -2.19. The summed E-state index contributed by atoms with van der Waals surface area (Å²) in [6.07, 6.45) is -3.60. The number of hydrogen-bond acceptors (Lipinski definition) is 4. The van der Waals surface area contributed by atoms with Crippen molar-refractivity contribution in [2.75, 3.05) is 12.3 Å². The maximum atomic E-state index is 12.6. The molecule has 4 rings (SSSR count). The third-order valence-electron chi connectivity index (χ3n) is 5.34. The average molecular weight is 507 g/mol. The molecule has 1 aliphatic rings. The van der Waals surface area contributed by atoms with Crippen molar-refractivity contribution in [2.45, 2.75) is 30.8 Å². The molecule has 2 heterocycles. The van der Waals surface area contributed by atoms with Crippen molar-refractivity contribution in [3.05, 3.63) is 64.9 Å². The molecular weight excluding hydrogens is 487 g/mol. The van der Waals surface area contributed by atoms with Crippen LogP contribution in [0, 0.1) is 6.92 Å². The first-order valence-electron chi connectivity index (χ1n) is 10.4. The van der Waals surface area contributed by atoms with Crippen molar-refractivity contribution >= 4 is 49.9 Å². The average Bonchev–Trinajstić information content (AvgIpc) is 3.26. The molecule has 0 fully saturated rings. The minimum atomic E-state index is -4.20. The van der Waals surface area contributed by atoms with Crippen LogP contribution >= 0.6 is 22.5 Å². The minimum Gasteiger partial charge on any atom is -0.284 e. The zero-order valence-electron chi connectivity index (χ0n) is 18.1. The van der Waals surface area contributed by atoms with E-state index in [4.69, 9.17) is 11.6 Å². The molecule has 1 atom stereocenters.